The van der Waals surface area contributed by atoms with Gasteiger partial charge in [0.2, 0.25) is 23.7 Å². The van der Waals surface area contributed by atoms with Gasteiger partial charge in [0.1, 0.15) is 6.04 Å². The minimum Gasteiger partial charge on any atom is -0.326 e. The average Bonchev–Trinajstić information content (AvgIpc) is 3.17. The van der Waals surface area contributed by atoms with E-state index in [9.17, 15) is 14.4 Å². The Hall–Kier alpha value is -4.11. The number of aliphatic imine (C=N–C) groups is 1. The molecule has 1 saturated heterocycles. The van der Waals surface area contributed by atoms with Crippen LogP contribution in [0.4, 0.5) is 11.6 Å². The number of fused-ring (bicyclic) bond motifs is 1. The molecule has 5 rings (SSSR count). The molecule has 9 nitrogen and oxygen atoms in total. The minimum absolute atomic E-state index is 0.0480. The van der Waals surface area contributed by atoms with E-state index in [2.05, 4.69) is 25.6 Å². The fourth-order valence-electron chi connectivity index (χ4n) is 5.48. The number of halogens is 1. The molecule has 206 valence electrons. The molecule has 2 aliphatic rings. The van der Waals surface area contributed by atoms with Crippen molar-refractivity contribution in [2.45, 2.75) is 52.0 Å². The predicted molar refractivity (Wildman–Crippen MR) is 153 cm³/mol. The summed E-state index contributed by atoms with van der Waals surface area (Å²) in [6, 6.07) is 17.1. The van der Waals surface area contributed by atoms with E-state index in [1.165, 1.54) is 4.90 Å². The Morgan fingerprint density at radius 2 is 1.62 bits per heavy atom. The van der Waals surface area contributed by atoms with Crippen LogP contribution in [0.1, 0.15) is 42.6 Å². The molecular formula is C30H31ClN6O3. The number of anilines is 1. The molecule has 40 heavy (non-hydrogen) atoms. The zero-order valence-electron chi connectivity index (χ0n) is 22.4. The lowest BCUT2D eigenvalue weighted by atomic mass is 9.81. The van der Waals surface area contributed by atoms with Crippen LogP contribution in [0.25, 0.3) is 0 Å². The number of nitrogens with one attached hydrogen (secondary N) is 2. The Balaban J connectivity index is 1.49. The van der Waals surface area contributed by atoms with Crippen molar-refractivity contribution >= 4 is 46.9 Å². The maximum Gasteiger partial charge on any atom is 0.253 e. The highest BCUT2D eigenvalue weighted by molar-refractivity contribution is 6.31. The maximum absolute atomic E-state index is 14.0. The van der Waals surface area contributed by atoms with Gasteiger partial charge in [-0.3, -0.25) is 24.6 Å². The van der Waals surface area contributed by atoms with Crippen LogP contribution in [0.15, 0.2) is 65.7 Å². The van der Waals surface area contributed by atoms with E-state index in [0.29, 0.717) is 23.6 Å². The van der Waals surface area contributed by atoms with Crippen molar-refractivity contribution in [2.75, 3.05) is 5.32 Å². The lowest BCUT2D eigenvalue weighted by Gasteiger charge is -2.26. The zero-order valence-corrected chi connectivity index (χ0v) is 23.2. The number of rotatable bonds is 6. The summed E-state index contributed by atoms with van der Waals surface area (Å²) in [6.07, 6.45) is 3.31. The first-order valence-electron chi connectivity index (χ1n) is 13.4. The van der Waals surface area contributed by atoms with Gasteiger partial charge < -0.3 is 5.32 Å². The molecule has 2 N–H and O–H groups in total. The van der Waals surface area contributed by atoms with Gasteiger partial charge in [0.05, 0.1) is 11.8 Å². The number of guanidine groups is 1. The monoisotopic (exact) mass is 558 g/mol. The number of nitrogens with zero attached hydrogens (tertiary/aromatic N) is 4. The van der Waals surface area contributed by atoms with Gasteiger partial charge in [-0.1, -0.05) is 60.8 Å². The van der Waals surface area contributed by atoms with Crippen molar-refractivity contribution in [3.8, 4) is 0 Å². The second-order valence-electron chi connectivity index (χ2n) is 10.3. The molecule has 1 aliphatic carbocycles. The maximum atomic E-state index is 14.0. The molecule has 10 heteroatoms. The third-order valence-corrected chi connectivity index (χ3v) is 7.51. The molecule has 0 spiro atoms. The third kappa shape index (κ3) is 6.20. The standard InChI is InChI=1S/C30H31ClN6O3/c1-18-15-19(2)33-29(32-18)36-30(34-22-12-8-11-21(31)17-22)35-26(38)25(16-20-9-4-3-5-10-20)37-27(39)23-13-6-7-14-24(23)28(37)40/h3-5,8-12,15,17,23-25H,6-7,13-14,16H2,1-2H3,(H2,32,33,34,35,36,38). The topological polar surface area (TPSA) is 117 Å². The number of amides is 3. The van der Waals surface area contributed by atoms with Crippen LogP contribution < -0.4 is 10.6 Å². The Morgan fingerprint density at radius 1 is 0.975 bits per heavy atom. The van der Waals surface area contributed by atoms with Crippen LogP contribution >= 0.6 is 11.6 Å². The highest BCUT2D eigenvalue weighted by Gasteiger charge is 2.51. The molecule has 1 saturated carbocycles. The van der Waals surface area contributed by atoms with Crippen LogP contribution in [-0.2, 0) is 20.8 Å². The smallest absolute Gasteiger partial charge is 0.253 e. The van der Waals surface area contributed by atoms with Gasteiger partial charge in [-0.25, -0.2) is 9.97 Å². The van der Waals surface area contributed by atoms with Crippen LogP contribution in [0.3, 0.4) is 0 Å². The first-order chi connectivity index (χ1) is 19.3. The van der Waals surface area contributed by atoms with Crippen molar-refractivity contribution in [1.29, 1.82) is 0 Å². The second kappa shape index (κ2) is 12.0. The molecule has 3 aromatic rings. The summed E-state index contributed by atoms with van der Waals surface area (Å²) in [4.78, 5) is 55.4. The third-order valence-electron chi connectivity index (χ3n) is 7.27. The molecule has 0 bridgehead atoms. The van der Waals surface area contributed by atoms with E-state index in [0.717, 1.165) is 29.8 Å². The average molecular weight is 559 g/mol. The van der Waals surface area contributed by atoms with Crippen molar-refractivity contribution < 1.29 is 14.4 Å². The Kier molecular flexibility index (Phi) is 8.21. The number of hydrogen-bond donors (Lipinski definition) is 2. The van der Waals surface area contributed by atoms with Crippen molar-refractivity contribution in [3.05, 3.63) is 82.6 Å². The summed E-state index contributed by atoms with van der Waals surface area (Å²) in [5, 5.41) is 6.40. The van der Waals surface area contributed by atoms with Crippen LogP contribution in [0.2, 0.25) is 5.02 Å². The fourth-order valence-corrected chi connectivity index (χ4v) is 5.67. The quantitative estimate of drug-likeness (QED) is 0.256. The van der Waals surface area contributed by atoms with Crippen LogP contribution in [0, 0.1) is 25.7 Å². The minimum atomic E-state index is -1.06. The number of likely N-dealkylation sites (tertiary alicyclic amines) is 1. The van der Waals surface area contributed by atoms with Gasteiger partial charge in [0.25, 0.3) is 5.95 Å². The first kappa shape index (κ1) is 27.5. The number of benzene rings is 2. The number of carbonyl (C=O) groups is 3. The molecular weight excluding hydrogens is 528 g/mol. The highest BCUT2D eigenvalue weighted by Crippen LogP contribution is 2.39. The zero-order chi connectivity index (χ0) is 28.2. The summed E-state index contributed by atoms with van der Waals surface area (Å²) < 4.78 is 0. The molecule has 1 aromatic heterocycles. The molecule has 3 atom stereocenters. The van der Waals surface area contributed by atoms with Crippen LogP contribution in [-0.4, -0.2) is 44.6 Å². The van der Waals surface area contributed by atoms with E-state index in [1.54, 1.807) is 24.3 Å². The van der Waals surface area contributed by atoms with Gasteiger partial charge in [0, 0.05) is 28.5 Å². The van der Waals surface area contributed by atoms with Crippen molar-refractivity contribution in [2.24, 2.45) is 16.8 Å². The van der Waals surface area contributed by atoms with E-state index in [-0.39, 0.29) is 42.0 Å². The molecule has 2 fully saturated rings. The van der Waals surface area contributed by atoms with Gasteiger partial charge >= 0.3 is 0 Å². The van der Waals surface area contributed by atoms with Gasteiger partial charge in [0.15, 0.2) is 0 Å². The van der Waals surface area contributed by atoms with Crippen molar-refractivity contribution in [3.63, 3.8) is 0 Å². The number of hydrogen-bond acceptors (Lipinski definition) is 6. The van der Waals surface area contributed by atoms with Crippen molar-refractivity contribution in [1.82, 2.24) is 20.2 Å². The summed E-state index contributed by atoms with van der Waals surface area (Å²) in [5.74, 6) is -1.62. The summed E-state index contributed by atoms with van der Waals surface area (Å²) in [6.45, 7) is 3.66. The highest BCUT2D eigenvalue weighted by atomic mass is 35.5. The molecule has 2 heterocycles. The Morgan fingerprint density at radius 3 is 2.25 bits per heavy atom. The molecule has 1 aliphatic heterocycles. The Bertz CT molecular complexity index is 1420. The number of aromatic nitrogens is 2. The van der Waals surface area contributed by atoms with Gasteiger partial charge in [-0.2, -0.15) is 4.99 Å². The normalized spacial score (nSPS) is 19.8. The fraction of sp³-hybridized carbons (Fsp3) is 0.333. The van der Waals surface area contributed by atoms with Gasteiger partial charge in [-0.15, -0.1) is 0 Å². The molecule has 3 unspecified atom stereocenters. The van der Waals surface area contributed by atoms with E-state index >= 15 is 0 Å². The first-order valence-corrected chi connectivity index (χ1v) is 13.8. The van der Waals surface area contributed by atoms with E-state index < -0.39 is 11.9 Å². The lowest BCUT2D eigenvalue weighted by molar-refractivity contribution is -0.147. The van der Waals surface area contributed by atoms with E-state index in [4.69, 9.17) is 11.6 Å². The SMILES string of the molecule is Cc1cc(C)nc(/N=C(/NC(=O)C(Cc2ccccc2)N2C(=O)C3CCCCC3C2=O)Nc2cccc(Cl)c2)n1. The predicted octanol–water partition coefficient (Wildman–Crippen LogP) is 4.75. The number of carbonyl (C=O) groups excluding carboxylic acids is 3. The Labute approximate surface area is 238 Å². The number of imide groups is 1. The molecule has 2 aromatic carbocycles. The summed E-state index contributed by atoms with van der Waals surface area (Å²) >= 11 is 6.18. The second-order valence-corrected chi connectivity index (χ2v) is 10.7. The summed E-state index contributed by atoms with van der Waals surface area (Å²) in [7, 11) is 0. The van der Waals surface area contributed by atoms with Gasteiger partial charge in [-0.05, 0) is 56.5 Å². The largest absolute Gasteiger partial charge is 0.326 e. The van der Waals surface area contributed by atoms with E-state index in [1.807, 2.05) is 50.2 Å². The molecule has 3 amide bonds. The number of aryl methyl sites for hydroxylation is 2. The van der Waals surface area contributed by atoms with Crippen LogP contribution in [0.5, 0.6) is 0 Å². The summed E-state index contributed by atoms with van der Waals surface area (Å²) in [5.41, 5.74) is 2.85. The lowest BCUT2D eigenvalue weighted by Crippen LogP contribution is -2.53. The molecule has 0 radical (unpaired) electrons.